The second-order valence-corrected chi connectivity index (χ2v) is 7.68. The Labute approximate surface area is 154 Å². The van der Waals surface area contributed by atoms with Gasteiger partial charge in [0.2, 0.25) is 0 Å². The molecule has 1 saturated carbocycles. The molecule has 2 aliphatic rings. The summed E-state index contributed by atoms with van der Waals surface area (Å²) in [5.41, 5.74) is 6.63. The smallest absolute Gasteiger partial charge is 0.255 e. The third kappa shape index (κ3) is 4.59. The molecule has 1 aliphatic carbocycles. The fourth-order valence-electron chi connectivity index (χ4n) is 4.00. The van der Waals surface area contributed by atoms with Gasteiger partial charge in [-0.15, -0.1) is 0 Å². The second-order valence-electron chi connectivity index (χ2n) is 7.27. The lowest BCUT2D eigenvalue weighted by Gasteiger charge is -2.34. The van der Waals surface area contributed by atoms with Crippen LogP contribution in [-0.4, -0.2) is 43.6 Å². The molecule has 0 spiro atoms. The maximum Gasteiger partial charge on any atom is 0.255 e. The van der Waals surface area contributed by atoms with E-state index in [-0.39, 0.29) is 11.9 Å². The van der Waals surface area contributed by atoms with Crippen LogP contribution in [-0.2, 0) is 0 Å². The minimum absolute atomic E-state index is 0.145. The molecule has 1 aliphatic heterocycles. The lowest BCUT2D eigenvalue weighted by Crippen LogP contribution is -2.45. The minimum atomic E-state index is -0.145. The lowest BCUT2D eigenvalue weighted by molar-refractivity contribution is 0.0903. The van der Waals surface area contributed by atoms with E-state index in [0.29, 0.717) is 22.0 Å². The first-order chi connectivity index (χ1) is 12.1. The zero-order chi connectivity index (χ0) is 17.8. The molecule has 6 heteroatoms. The maximum absolute atomic E-state index is 12.6. The highest BCUT2D eigenvalue weighted by Gasteiger charge is 2.25. The number of anilines is 1. The van der Waals surface area contributed by atoms with E-state index >= 15 is 0 Å². The summed E-state index contributed by atoms with van der Waals surface area (Å²) in [5, 5.41) is 3.50. The molecule has 5 nitrogen and oxygen atoms in total. The number of piperidine rings is 1. The SMILES string of the molecule is COc1cc(N)c(Cl)cc1C(=O)NC1CCN(CC2CCCC2)CC1. The summed E-state index contributed by atoms with van der Waals surface area (Å²) in [4.78, 5) is 15.2. The molecule has 3 N–H and O–H groups in total. The molecule has 0 unspecified atom stereocenters. The predicted octanol–water partition coefficient (Wildman–Crippen LogP) is 3.32. The molecule has 1 aromatic rings. The molecule has 1 aromatic carbocycles. The van der Waals surface area contributed by atoms with E-state index in [9.17, 15) is 4.79 Å². The third-order valence-corrected chi connectivity index (χ3v) is 5.80. The van der Waals surface area contributed by atoms with Crippen molar-refractivity contribution in [3.05, 3.63) is 22.7 Å². The van der Waals surface area contributed by atoms with E-state index in [1.165, 1.54) is 39.3 Å². The van der Waals surface area contributed by atoms with Gasteiger partial charge in [-0.1, -0.05) is 24.4 Å². The Morgan fingerprint density at radius 1 is 1.28 bits per heavy atom. The lowest BCUT2D eigenvalue weighted by atomic mass is 10.0. The summed E-state index contributed by atoms with van der Waals surface area (Å²) in [6, 6.07) is 3.38. The summed E-state index contributed by atoms with van der Waals surface area (Å²) < 4.78 is 5.28. The molecule has 0 atom stereocenters. The van der Waals surface area contributed by atoms with E-state index in [1.807, 2.05) is 0 Å². The molecular weight excluding hydrogens is 338 g/mol. The van der Waals surface area contributed by atoms with Crippen LogP contribution in [0.25, 0.3) is 0 Å². The second kappa shape index (κ2) is 8.28. The average molecular weight is 366 g/mol. The van der Waals surface area contributed by atoms with Gasteiger partial charge < -0.3 is 20.7 Å². The van der Waals surface area contributed by atoms with Crippen molar-refractivity contribution in [2.75, 3.05) is 32.5 Å². The number of carbonyl (C=O) groups excluding carboxylic acids is 1. The average Bonchev–Trinajstić information content (AvgIpc) is 3.11. The van der Waals surface area contributed by atoms with Crippen LogP contribution in [0.15, 0.2) is 12.1 Å². The van der Waals surface area contributed by atoms with Crippen LogP contribution in [0.2, 0.25) is 5.02 Å². The van der Waals surface area contributed by atoms with Crippen molar-refractivity contribution in [2.45, 2.75) is 44.6 Å². The van der Waals surface area contributed by atoms with Gasteiger partial charge in [-0.25, -0.2) is 0 Å². The monoisotopic (exact) mass is 365 g/mol. The summed E-state index contributed by atoms with van der Waals surface area (Å²) in [7, 11) is 1.53. The molecule has 3 rings (SSSR count). The van der Waals surface area contributed by atoms with Gasteiger partial charge in [0.05, 0.1) is 23.4 Å². The molecule has 1 saturated heterocycles. The molecule has 0 aromatic heterocycles. The molecule has 0 bridgehead atoms. The van der Waals surface area contributed by atoms with Gasteiger partial charge >= 0.3 is 0 Å². The van der Waals surface area contributed by atoms with Crippen LogP contribution in [0.4, 0.5) is 5.69 Å². The van der Waals surface area contributed by atoms with Crippen molar-refractivity contribution < 1.29 is 9.53 Å². The number of methoxy groups -OCH3 is 1. The summed E-state index contributed by atoms with van der Waals surface area (Å²) >= 11 is 6.06. The van der Waals surface area contributed by atoms with E-state index in [4.69, 9.17) is 22.1 Å². The van der Waals surface area contributed by atoms with E-state index in [2.05, 4.69) is 10.2 Å². The largest absolute Gasteiger partial charge is 0.496 e. The van der Waals surface area contributed by atoms with Crippen LogP contribution in [0.5, 0.6) is 5.75 Å². The van der Waals surface area contributed by atoms with Crippen LogP contribution in [0.3, 0.4) is 0 Å². The number of benzene rings is 1. The molecule has 25 heavy (non-hydrogen) atoms. The Hall–Kier alpha value is -1.46. The van der Waals surface area contributed by atoms with Crippen molar-refractivity contribution >= 4 is 23.2 Å². The number of rotatable bonds is 5. The number of nitrogens with zero attached hydrogens (tertiary/aromatic N) is 1. The minimum Gasteiger partial charge on any atom is -0.496 e. The molecular formula is C19H28ClN3O2. The topological polar surface area (TPSA) is 67.6 Å². The van der Waals surface area contributed by atoms with Gasteiger partial charge in [-0.2, -0.15) is 0 Å². The number of hydrogen-bond acceptors (Lipinski definition) is 4. The number of likely N-dealkylation sites (tertiary alicyclic amines) is 1. The zero-order valence-corrected chi connectivity index (χ0v) is 15.6. The molecule has 1 heterocycles. The Morgan fingerprint density at radius 2 is 1.96 bits per heavy atom. The van der Waals surface area contributed by atoms with E-state index < -0.39 is 0 Å². The normalized spacial score (nSPS) is 19.9. The highest BCUT2D eigenvalue weighted by Crippen LogP contribution is 2.29. The number of nitrogens with two attached hydrogens (primary N) is 1. The standard InChI is InChI=1S/C19H28ClN3O2/c1-25-18-11-17(21)16(20)10-15(18)19(24)22-14-6-8-23(9-7-14)12-13-4-2-3-5-13/h10-11,13-14H,2-9,12,21H2,1H3,(H,22,24). The number of carbonyl (C=O) groups is 1. The summed E-state index contributed by atoms with van der Waals surface area (Å²) in [5.74, 6) is 1.19. The Balaban J connectivity index is 1.53. The highest BCUT2D eigenvalue weighted by molar-refractivity contribution is 6.33. The van der Waals surface area contributed by atoms with Crippen LogP contribution in [0, 0.1) is 5.92 Å². The first-order valence-corrected chi connectivity index (χ1v) is 9.61. The number of ether oxygens (including phenoxy) is 1. The van der Waals surface area contributed by atoms with E-state index in [0.717, 1.165) is 31.8 Å². The van der Waals surface area contributed by atoms with E-state index in [1.54, 1.807) is 12.1 Å². The van der Waals surface area contributed by atoms with Gasteiger partial charge in [0.15, 0.2) is 0 Å². The van der Waals surface area contributed by atoms with Crippen molar-refractivity contribution in [1.29, 1.82) is 0 Å². The maximum atomic E-state index is 12.6. The van der Waals surface area contributed by atoms with Crippen LogP contribution >= 0.6 is 11.6 Å². The zero-order valence-electron chi connectivity index (χ0n) is 14.9. The first kappa shape index (κ1) is 18.3. The molecule has 2 fully saturated rings. The van der Waals surface area contributed by atoms with Gasteiger partial charge in [0, 0.05) is 31.7 Å². The van der Waals surface area contributed by atoms with Crippen LogP contribution < -0.4 is 15.8 Å². The summed E-state index contributed by atoms with van der Waals surface area (Å²) in [6.07, 6.45) is 7.53. The number of nitrogens with one attached hydrogen (secondary N) is 1. The van der Waals surface area contributed by atoms with Crippen LogP contribution in [0.1, 0.15) is 48.9 Å². The van der Waals surface area contributed by atoms with Gasteiger partial charge in [-0.3, -0.25) is 4.79 Å². The Morgan fingerprint density at radius 3 is 2.60 bits per heavy atom. The van der Waals surface area contributed by atoms with Crippen molar-refractivity contribution in [1.82, 2.24) is 10.2 Å². The number of nitrogen functional groups attached to an aromatic ring is 1. The van der Waals surface area contributed by atoms with Gasteiger partial charge in [0.1, 0.15) is 5.75 Å². The highest BCUT2D eigenvalue weighted by atomic mass is 35.5. The first-order valence-electron chi connectivity index (χ1n) is 9.23. The molecule has 0 radical (unpaired) electrons. The Kier molecular flexibility index (Phi) is 6.07. The Bertz CT molecular complexity index is 609. The predicted molar refractivity (Wildman–Crippen MR) is 101 cm³/mol. The van der Waals surface area contributed by atoms with Crippen molar-refractivity contribution in [3.63, 3.8) is 0 Å². The molecule has 1 amide bonds. The summed E-state index contributed by atoms with van der Waals surface area (Å²) in [6.45, 7) is 3.34. The number of amides is 1. The third-order valence-electron chi connectivity index (χ3n) is 5.48. The fourth-order valence-corrected chi connectivity index (χ4v) is 4.16. The van der Waals surface area contributed by atoms with Crippen molar-refractivity contribution in [3.8, 4) is 5.75 Å². The fraction of sp³-hybridized carbons (Fsp3) is 0.632. The number of halogens is 1. The molecule has 138 valence electrons. The van der Waals surface area contributed by atoms with Crippen molar-refractivity contribution in [2.24, 2.45) is 5.92 Å². The van der Waals surface area contributed by atoms with Gasteiger partial charge in [0.25, 0.3) is 5.91 Å². The van der Waals surface area contributed by atoms with Gasteiger partial charge in [-0.05, 0) is 37.7 Å². The quantitative estimate of drug-likeness (QED) is 0.785. The number of hydrogen-bond donors (Lipinski definition) is 2.